The molecule has 0 saturated carbocycles. The summed E-state index contributed by atoms with van der Waals surface area (Å²) in [5.41, 5.74) is 2.93. The zero-order chi connectivity index (χ0) is 19.1. The summed E-state index contributed by atoms with van der Waals surface area (Å²) in [6.45, 7) is 6.95. The summed E-state index contributed by atoms with van der Waals surface area (Å²) >= 11 is 1.71. The standard InChI is InChI=1S/C20H26FN3O2S.HI/c1-3-22-20(24-10-14(2)16-5-7-27-12-16)23-6-4-15-8-18(21)9-17-11-25-13-26-19(15)17;/h5,7-9,12,14H,3-4,6,10-11,13H2,1-2H3,(H2,22,23,24);1H. The van der Waals surface area contributed by atoms with Gasteiger partial charge in [0.05, 0.1) is 6.61 Å². The Balaban J connectivity index is 0.00000280. The summed E-state index contributed by atoms with van der Waals surface area (Å²) in [7, 11) is 0. The number of ether oxygens (including phenoxy) is 2. The summed E-state index contributed by atoms with van der Waals surface area (Å²) in [6, 6.07) is 5.15. The van der Waals surface area contributed by atoms with Crippen molar-refractivity contribution >= 4 is 41.3 Å². The molecule has 0 spiro atoms. The normalized spacial score (nSPS) is 14.5. The molecule has 28 heavy (non-hydrogen) atoms. The molecule has 1 atom stereocenters. The fraction of sp³-hybridized carbons (Fsp3) is 0.450. The number of halogens is 2. The van der Waals surface area contributed by atoms with E-state index >= 15 is 0 Å². The molecule has 1 aliphatic heterocycles. The average Bonchev–Trinajstić information content (AvgIpc) is 3.20. The first-order chi connectivity index (χ1) is 13.2. The van der Waals surface area contributed by atoms with Crippen LogP contribution in [-0.2, 0) is 17.8 Å². The third-order valence-electron chi connectivity index (χ3n) is 4.42. The van der Waals surface area contributed by atoms with E-state index in [0.29, 0.717) is 32.0 Å². The van der Waals surface area contributed by atoms with Gasteiger partial charge in [0, 0.05) is 31.1 Å². The van der Waals surface area contributed by atoms with Crippen molar-refractivity contribution in [1.29, 1.82) is 0 Å². The van der Waals surface area contributed by atoms with Gasteiger partial charge in [-0.1, -0.05) is 6.92 Å². The highest BCUT2D eigenvalue weighted by atomic mass is 127. The lowest BCUT2D eigenvalue weighted by Gasteiger charge is -2.21. The maximum Gasteiger partial charge on any atom is 0.191 e. The predicted molar refractivity (Wildman–Crippen MR) is 123 cm³/mol. The van der Waals surface area contributed by atoms with Crippen molar-refractivity contribution in [3.8, 4) is 5.75 Å². The lowest BCUT2D eigenvalue weighted by atomic mass is 10.1. The van der Waals surface area contributed by atoms with Crippen molar-refractivity contribution in [2.75, 3.05) is 26.4 Å². The zero-order valence-electron chi connectivity index (χ0n) is 16.2. The minimum atomic E-state index is -0.261. The highest BCUT2D eigenvalue weighted by molar-refractivity contribution is 14.0. The smallest absolute Gasteiger partial charge is 0.191 e. The Morgan fingerprint density at radius 2 is 2.21 bits per heavy atom. The minimum absolute atomic E-state index is 0. The molecular formula is C20H27FIN3O2S. The second-order valence-electron chi connectivity index (χ2n) is 6.52. The fourth-order valence-corrected chi connectivity index (χ4v) is 3.77. The van der Waals surface area contributed by atoms with E-state index in [0.717, 1.165) is 29.4 Å². The molecular weight excluding hydrogens is 492 g/mol. The molecule has 1 aliphatic rings. The molecule has 0 bridgehead atoms. The number of benzene rings is 1. The summed E-state index contributed by atoms with van der Waals surface area (Å²) in [4.78, 5) is 4.68. The number of rotatable bonds is 7. The Kier molecular flexibility index (Phi) is 9.46. The second kappa shape index (κ2) is 11.6. The number of aliphatic imine (C=N–C) groups is 1. The first kappa shape index (κ1) is 22.9. The Hall–Kier alpha value is -1.39. The van der Waals surface area contributed by atoms with E-state index in [1.807, 2.05) is 6.92 Å². The molecule has 154 valence electrons. The highest BCUT2D eigenvalue weighted by Gasteiger charge is 2.16. The van der Waals surface area contributed by atoms with Gasteiger partial charge in [0.1, 0.15) is 11.6 Å². The Morgan fingerprint density at radius 1 is 1.36 bits per heavy atom. The van der Waals surface area contributed by atoms with Gasteiger partial charge >= 0.3 is 0 Å². The van der Waals surface area contributed by atoms with E-state index < -0.39 is 0 Å². The van der Waals surface area contributed by atoms with Crippen LogP contribution in [0.4, 0.5) is 4.39 Å². The number of fused-ring (bicyclic) bond motifs is 1. The molecule has 0 aliphatic carbocycles. The average molecular weight is 519 g/mol. The molecule has 8 heteroatoms. The fourth-order valence-electron chi connectivity index (χ4n) is 2.99. The van der Waals surface area contributed by atoms with E-state index in [-0.39, 0.29) is 36.6 Å². The van der Waals surface area contributed by atoms with Crippen molar-refractivity contribution in [2.24, 2.45) is 4.99 Å². The van der Waals surface area contributed by atoms with Crippen LogP contribution >= 0.6 is 35.3 Å². The van der Waals surface area contributed by atoms with Gasteiger partial charge < -0.3 is 20.1 Å². The van der Waals surface area contributed by atoms with Gasteiger partial charge in [0.2, 0.25) is 0 Å². The number of hydrogen-bond acceptors (Lipinski definition) is 4. The van der Waals surface area contributed by atoms with Gasteiger partial charge in [0.25, 0.3) is 0 Å². The van der Waals surface area contributed by atoms with Crippen molar-refractivity contribution in [3.05, 3.63) is 51.5 Å². The van der Waals surface area contributed by atoms with Gasteiger partial charge in [-0.2, -0.15) is 11.3 Å². The SMILES string of the molecule is CCNC(=NCC(C)c1ccsc1)NCCc1cc(F)cc2c1OCOC2.I. The van der Waals surface area contributed by atoms with E-state index in [1.165, 1.54) is 17.7 Å². The van der Waals surface area contributed by atoms with E-state index in [4.69, 9.17) is 9.47 Å². The summed E-state index contributed by atoms with van der Waals surface area (Å²) in [6.07, 6.45) is 0.643. The summed E-state index contributed by atoms with van der Waals surface area (Å²) in [5, 5.41) is 10.8. The quantitative estimate of drug-likeness (QED) is 0.326. The second-order valence-corrected chi connectivity index (χ2v) is 7.30. The molecule has 0 saturated heterocycles. The lowest BCUT2D eigenvalue weighted by molar-refractivity contribution is -0.0172. The van der Waals surface area contributed by atoms with Crippen molar-refractivity contribution in [2.45, 2.75) is 32.8 Å². The Bertz CT molecular complexity index is 771. The third-order valence-corrected chi connectivity index (χ3v) is 5.12. The predicted octanol–water partition coefficient (Wildman–Crippen LogP) is 4.27. The summed E-state index contributed by atoms with van der Waals surface area (Å²) < 4.78 is 24.6. The maximum absolute atomic E-state index is 13.8. The first-order valence-corrected chi connectivity index (χ1v) is 10.2. The van der Waals surface area contributed by atoms with Gasteiger partial charge in [-0.3, -0.25) is 4.99 Å². The topological polar surface area (TPSA) is 54.9 Å². The number of guanidine groups is 1. The third kappa shape index (κ3) is 6.31. The molecule has 1 unspecified atom stereocenters. The lowest BCUT2D eigenvalue weighted by Crippen LogP contribution is -2.38. The molecule has 3 rings (SSSR count). The number of nitrogens with zero attached hydrogens (tertiary/aromatic N) is 1. The molecule has 2 aromatic rings. The Morgan fingerprint density at radius 3 is 2.96 bits per heavy atom. The molecule has 0 amide bonds. The van der Waals surface area contributed by atoms with Crippen LogP contribution < -0.4 is 15.4 Å². The largest absolute Gasteiger partial charge is 0.467 e. The van der Waals surface area contributed by atoms with Crippen LogP contribution in [-0.4, -0.2) is 32.4 Å². The van der Waals surface area contributed by atoms with Gasteiger partial charge in [-0.15, -0.1) is 24.0 Å². The summed E-state index contributed by atoms with van der Waals surface area (Å²) in [5.74, 6) is 1.63. The first-order valence-electron chi connectivity index (χ1n) is 9.23. The molecule has 0 radical (unpaired) electrons. The van der Waals surface area contributed by atoms with Crippen LogP contribution in [0, 0.1) is 5.82 Å². The van der Waals surface area contributed by atoms with Crippen molar-refractivity contribution in [1.82, 2.24) is 10.6 Å². The molecule has 1 aromatic carbocycles. The molecule has 0 fully saturated rings. The van der Waals surface area contributed by atoms with Gasteiger partial charge in [-0.25, -0.2) is 4.39 Å². The van der Waals surface area contributed by atoms with Gasteiger partial charge in [-0.05, 0) is 53.4 Å². The zero-order valence-corrected chi connectivity index (χ0v) is 19.3. The Labute approximate surface area is 186 Å². The maximum atomic E-state index is 13.8. The van der Waals surface area contributed by atoms with Crippen molar-refractivity contribution < 1.29 is 13.9 Å². The van der Waals surface area contributed by atoms with Crippen LogP contribution in [0.25, 0.3) is 0 Å². The van der Waals surface area contributed by atoms with E-state index in [2.05, 4.69) is 39.4 Å². The van der Waals surface area contributed by atoms with Crippen molar-refractivity contribution in [3.63, 3.8) is 0 Å². The van der Waals surface area contributed by atoms with Crippen LogP contribution in [0.5, 0.6) is 5.75 Å². The number of hydrogen-bond donors (Lipinski definition) is 2. The molecule has 2 N–H and O–H groups in total. The van der Waals surface area contributed by atoms with Crippen LogP contribution in [0.15, 0.2) is 34.0 Å². The molecule has 2 heterocycles. The molecule has 5 nitrogen and oxygen atoms in total. The van der Waals surface area contributed by atoms with E-state index in [1.54, 1.807) is 11.3 Å². The monoisotopic (exact) mass is 519 g/mol. The van der Waals surface area contributed by atoms with Crippen LogP contribution in [0.1, 0.15) is 36.5 Å². The van der Waals surface area contributed by atoms with Crippen LogP contribution in [0.2, 0.25) is 0 Å². The van der Waals surface area contributed by atoms with E-state index in [9.17, 15) is 4.39 Å². The number of thiophene rings is 1. The highest BCUT2D eigenvalue weighted by Crippen LogP contribution is 2.29. The number of nitrogens with one attached hydrogen (secondary N) is 2. The van der Waals surface area contributed by atoms with Crippen LogP contribution in [0.3, 0.4) is 0 Å². The minimum Gasteiger partial charge on any atom is -0.467 e. The molecule has 1 aromatic heterocycles. The van der Waals surface area contributed by atoms with Gasteiger partial charge in [0.15, 0.2) is 12.8 Å².